The Morgan fingerprint density at radius 2 is 1.84 bits per heavy atom. The van der Waals surface area contributed by atoms with E-state index in [0.29, 0.717) is 23.3 Å². The average Bonchev–Trinajstić information content (AvgIpc) is 3.46. The third-order valence-electron chi connectivity index (χ3n) is 7.98. The molecular weight excluding hydrogens is 476 g/mol. The predicted octanol–water partition coefficient (Wildman–Crippen LogP) is 4.80. The van der Waals surface area contributed by atoms with Crippen molar-refractivity contribution in [3.8, 4) is 17.1 Å². The van der Waals surface area contributed by atoms with Crippen molar-refractivity contribution in [1.82, 2.24) is 29.2 Å². The second-order valence-corrected chi connectivity index (χ2v) is 10.7. The summed E-state index contributed by atoms with van der Waals surface area (Å²) in [6, 6.07) is 16.5. The molecule has 8 nitrogen and oxygen atoms in total. The zero-order valence-corrected chi connectivity index (χ0v) is 22.2. The number of likely N-dealkylation sites (tertiary alicyclic amines) is 1. The van der Waals surface area contributed by atoms with Crippen molar-refractivity contribution >= 4 is 11.7 Å². The topological polar surface area (TPSA) is 75.9 Å². The van der Waals surface area contributed by atoms with Crippen molar-refractivity contribution in [3.05, 3.63) is 77.9 Å². The quantitative estimate of drug-likeness (QED) is 0.371. The van der Waals surface area contributed by atoms with Crippen LogP contribution in [0.2, 0.25) is 0 Å². The zero-order chi connectivity index (χ0) is 26.2. The molecule has 4 aromatic rings. The molecule has 38 heavy (non-hydrogen) atoms. The Hall–Kier alpha value is -3.78. The highest BCUT2D eigenvalue weighted by molar-refractivity contribution is 5.93. The number of hydrogen-bond acceptors (Lipinski definition) is 6. The number of pyridine rings is 1. The lowest BCUT2D eigenvalue weighted by Crippen LogP contribution is -2.43. The fourth-order valence-corrected chi connectivity index (χ4v) is 5.95. The Kier molecular flexibility index (Phi) is 6.57. The number of ether oxygens (including phenoxy) is 1. The van der Waals surface area contributed by atoms with E-state index in [1.165, 1.54) is 5.56 Å². The molecule has 0 saturated carbocycles. The summed E-state index contributed by atoms with van der Waals surface area (Å²) in [4.78, 5) is 32.0. The number of carbonyl (C=O) groups excluding carboxylic acids is 1. The van der Waals surface area contributed by atoms with Crippen molar-refractivity contribution in [3.63, 3.8) is 0 Å². The molecule has 6 rings (SSSR count). The van der Waals surface area contributed by atoms with Gasteiger partial charge in [0.1, 0.15) is 5.69 Å². The molecule has 1 aromatic carbocycles. The van der Waals surface area contributed by atoms with Crippen molar-refractivity contribution in [2.45, 2.75) is 57.7 Å². The van der Waals surface area contributed by atoms with Gasteiger partial charge in [-0.2, -0.15) is 0 Å². The van der Waals surface area contributed by atoms with Crippen molar-refractivity contribution < 1.29 is 9.53 Å². The third-order valence-corrected chi connectivity index (χ3v) is 7.98. The van der Waals surface area contributed by atoms with E-state index in [0.717, 1.165) is 55.8 Å². The minimum Gasteiger partial charge on any atom is -0.481 e. The van der Waals surface area contributed by atoms with Crippen LogP contribution in [0.3, 0.4) is 0 Å². The molecule has 3 aromatic heterocycles. The van der Waals surface area contributed by atoms with Gasteiger partial charge in [0.05, 0.1) is 18.5 Å². The number of amides is 1. The Bertz CT molecular complexity index is 1450. The summed E-state index contributed by atoms with van der Waals surface area (Å²) in [5.41, 5.74) is 4.98. The van der Waals surface area contributed by atoms with E-state index >= 15 is 0 Å². The molecule has 2 fully saturated rings. The molecule has 5 heterocycles. The van der Waals surface area contributed by atoms with Gasteiger partial charge in [0.15, 0.2) is 0 Å². The molecular formula is C30H34N6O2. The molecule has 2 atom stereocenters. The molecule has 2 aliphatic heterocycles. The molecule has 2 saturated heterocycles. The van der Waals surface area contributed by atoms with E-state index < -0.39 is 0 Å². The van der Waals surface area contributed by atoms with Gasteiger partial charge in [0, 0.05) is 55.7 Å². The van der Waals surface area contributed by atoms with Crippen LogP contribution in [-0.2, 0) is 6.54 Å². The Morgan fingerprint density at radius 3 is 2.63 bits per heavy atom. The molecule has 0 radical (unpaired) electrons. The van der Waals surface area contributed by atoms with E-state index in [1.807, 2.05) is 18.3 Å². The van der Waals surface area contributed by atoms with Crippen LogP contribution in [0.5, 0.6) is 5.88 Å². The molecule has 196 valence electrons. The third kappa shape index (κ3) is 4.53. The first kappa shape index (κ1) is 24.6. The highest BCUT2D eigenvalue weighted by Crippen LogP contribution is 2.33. The van der Waals surface area contributed by atoms with Gasteiger partial charge in [-0.05, 0) is 42.9 Å². The smallest absolute Gasteiger partial charge is 0.273 e. The predicted molar refractivity (Wildman–Crippen MR) is 146 cm³/mol. The Labute approximate surface area is 223 Å². The first-order chi connectivity index (χ1) is 18.5. The van der Waals surface area contributed by atoms with Crippen molar-refractivity contribution in [2.24, 2.45) is 0 Å². The van der Waals surface area contributed by atoms with Crippen LogP contribution >= 0.6 is 0 Å². The minimum atomic E-state index is 0.00295. The number of benzene rings is 1. The summed E-state index contributed by atoms with van der Waals surface area (Å²) in [5, 5.41) is 0. The average molecular weight is 511 g/mol. The lowest BCUT2D eigenvalue weighted by molar-refractivity contribution is 0.0663. The van der Waals surface area contributed by atoms with Crippen molar-refractivity contribution in [2.75, 3.05) is 20.2 Å². The summed E-state index contributed by atoms with van der Waals surface area (Å²) in [5.74, 6) is 1.66. The van der Waals surface area contributed by atoms with Gasteiger partial charge in [-0.1, -0.05) is 44.2 Å². The summed E-state index contributed by atoms with van der Waals surface area (Å²) in [6.07, 6.45) is 6.83. The first-order valence-corrected chi connectivity index (χ1v) is 13.5. The monoisotopic (exact) mass is 510 g/mol. The number of carbonyl (C=O) groups is 1. The van der Waals surface area contributed by atoms with E-state index in [-0.39, 0.29) is 18.0 Å². The van der Waals surface area contributed by atoms with Crippen molar-refractivity contribution in [1.29, 1.82) is 0 Å². The van der Waals surface area contributed by atoms with E-state index in [2.05, 4.69) is 62.3 Å². The van der Waals surface area contributed by atoms with Gasteiger partial charge < -0.3 is 9.64 Å². The fourth-order valence-electron chi connectivity index (χ4n) is 5.95. The molecule has 0 spiro atoms. The van der Waals surface area contributed by atoms with Gasteiger partial charge in [-0.15, -0.1) is 0 Å². The van der Waals surface area contributed by atoms with Crippen LogP contribution in [-0.4, -0.2) is 67.3 Å². The number of nitrogens with zero attached hydrogens (tertiary/aromatic N) is 6. The SMILES string of the molecule is COc1cccc(C(=O)N2C3CCC2CN(Cc2c(-c4ccc(C(C)C)cc4)nc4ncccn24)CC3)n1. The van der Waals surface area contributed by atoms with Gasteiger partial charge in [-0.3, -0.25) is 14.1 Å². The highest BCUT2D eigenvalue weighted by Gasteiger charge is 2.41. The molecule has 2 unspecified atom stereocenters. The number of imidazole rings is 1. The number of methoxy groups -OCH3 is 1. The molecule has 2 aliphatic rings. The number of aromatic nitrogens is 4. The van der Waals surface area contributed by atoms with Gasteiger partial charge >= 0.3 is 0 Å². The van der Waals surface area contributed by atoms with Gasteiger partial charge in [0.25, 0.3) is 5.91 Å². The lowest BCUT2D eigenvalue weighted by atomic mass is 10.00. The summed E-state index contributed by atoms with van der Waals surface area (Å²) in [6.45, 7) is 6.92. The van der Waals surface area contributed by atoms with Crippen LogP contribution in [0, 0.1) is 0 Å². The number of rotatable bonds is 6. The van der Waals surface area contributed by atoms with Crippen LogP contribution in [0.1, 0.15) is 60.8 Å². The first-order valence-electron chi connectivity index (χ1n) is 13.5. The Morgan fingerprint density at radius 1 is 1.03 bits per heavy atom. The van der Waals surface area contributed by atoms with E-state index in [4.69, 9.17) is 9.72 Å². The maximum Gasteiger partial charge on any atom is 0.273 e. The van der Waals surface area contributed by atoms with E-state index in [1.54, 1.807) is 25.4 Å². The fraction of sp³-hybridized carbons (Fsp3) is 0.400. The summed E-state index contributed by atoms with van der Waals surface area (Å²) < 4.78 is 7.37. The van der Waals surface area contributed by atoms with Crippen LogP contribution < -0.4 is 4.74 Å². The largest absolute Gasteiger partial charge is 0.481 e. The lowest BCUT2D eigenvalue weighted by Gasteiger charge is -2.29. The molecule has 0 N–H and O–H groups in total. The normalized spacial score (nSPS) is 19.7. The van der Waals surface area contributed by atoms with E-state index in [9.17, 15) is 4.79 Å². The standard InChI is InChI=1S/C30H34N6O2/c1-20(2)21-8-10-22(11-9-21)28-26(35-16-5-15-31-30(35)33-28)19-34-17-14-23-12-13-24(18-34)36(23)29(37)25-6-4-7-27(32-25)38-3/h4-11,15-16,20,23-24H,12-14,17-19H2,1-3H3. The minimum absolute atomic E-state index is 0.00295. The Balaban J connectivity index is 1.28. The van der Waals surface area contributed by atoms with Crippen LogP contribution in [0.4, 0.5) is 0 Å². The number of hydrogen-bond donors (Lipinski definition) is 0. The van der Waals surface area contributed by atoms with Crippen LogP contribution in [0.15, 0.2) is 60.9 Å². The molecule has 8 heteroatoms. The van der Waals surface area contributed by atoms with Gasteiger partial charge in [0.2, 0.25) is 11.7 Å². The molecule has 1 amide bonds. The number of fused-ring (bicyclic) bond motifs is 3. The second-order valence-electron chi connectivity index (χ2n) is 10.7. The second kappa shape index (κ2) is 10.2. The summed E-state index contributed by atoms with van der Waals surface area (Å²) in [7, 11) is 1.58. The highest BCUT2D eigenvalue weighted by atomic mass is 16.5. The van der Waals surface area contributed by atoms with Gasteiger partial charge in [-0.25, -0.2) is 15.0 Å². The zero-order valence-electron chi connectivity index (χ0n) is 22.2. The molecule has 0 aliphatic carbocycles. The maximum absolute atomic E-state index is 13.6. The maximum atomic E-state index is 13.6. The molecule has 2 bridgehead atoms. The van der Waals surface area contributed by atoms with Crippen LogP contribution in [0.25, 0.3) is 17.0 Å². The summed E-state index contributed by atoms with van der Waals surface area (Å²) >= 11 is 0.